The topological polar surface area (TPSA) is 40.2 Å². The molecule has 1 aromatic rings. The molecule has 0 bridgehead atoms. The molecule has 21 heavy (non-hydrogen) atoms. The molecular weight excluding hydrogens is 260 g/mol. The normalized spacial score (nSPS) is 20.3. The summed E-state index contributed by atoms with van der Waals surface area (Å²) in [7, 11) is 0. The summed E-state index contributed by atoms with van der Waals surface area (Å²) in [6.45, 7) is 10.1. The van der Waals surface area contributed by atoms with Crippen LogP contribution in [0.4, 0.5) is 0 Å². The van der Waals surface area contributed by atoms with Crippen molar-refractivity contribution in [2.75, 3.05) is 19.6 Å². The highest BCUT2D eigenvalue weighted by atomic mass is 16.3. The van der Waals surface area contributed by atoms with Gasteiger partial charge in [0.1, 0.15) is 11.2 Å². The van der Waals surface area contributed by atoms with Crippen molar-refractivity contribution in [3.63, 3.8) is 0 Å². The van der Waals surface area contributed by atoms with E-state index >= 15 is 0 Å². The maximum atomic E-state index is 9.77. The van der Waals surface area contributed by atoms with E-state index in [0.29, 0.717) is 0 Å². The van der Waals surface area contributed by atoms with Gasteiger partial charge in [0.15, 0.2) is 0 Å². The second-order valence-corrected chi connectivity index (χ2v) is 6.84. The van der Waals surface area contributed by atoms with Crippen LogP contribution in [0.25, 0.3) is 0 Å². The maximum Gasteiger partial charge on any atom is 0.124 e. The molecule has 1 aromatic heterocycles. The molecule has 0 N–H and O–H groups in total. The number of rotatable bonds is 6. The van der Waals surface area contributed by atoms with Crippen LogP contribution in [-0.4, -0.2) is 24.5 Å². The molecule has 2 rings (SSSR count). The Kier molecular flexibility index (Phi) is 5.47. The molecule has 116 valence electrons. The predicted octanol–water partition coefficient (Wildman–Crippen LogP) is 4.21. The Morgan fingerprint density at radius 1 is 1.43 bits per heavy atom. The van der Waals surface area contributed by atoms with Gasteiger partial charge in [0.05, 0.1) is 12.3 Å². The maximum absolute atomic E-state index is 9.77. The Bertz CT molecular complexity index is 452. The van der Waals surface area contributed by atoms with Crippen molar-refractivity contribution in [2.24, 2.45) is 11.8 Å². The standard InChI is InChI=1S/C18H28N2O/c1-15(2)18(14-19,17-6-4-13-21-17)9-5-10-20-11-7-16(3)8-12-20/h4,6,13,15-16H,5,7-12H2,1-3H3. The van der Waals surface area contributed by atoms with Gasteiger partial charge in [-0.1, -0.05) is 20.8 Å². The molecule has 1 saturated heterocycles. The number of furan rings is 1. The van der Waals surface area contributed by atoms with Gasteiger partial charge in [-0.05, 0) is 69.3 Å². The van der Waals surface area contributed by atoms with E-state index in [2.05, 4.69) is 31.7 Å². The van der Waals surface area contributed by atoms with Crippen molar-refractivity contribution in [3.8, 4) is 6.07 Å². The largest absolute Gasteiger partial charge is 0.468 e. The van der Waals surface area contributed by atoms with Crippen molar-refractivity contribution < 1.29 is 4.42 Å². The minimum atomic E-state index is -0.480. The van der Waals surface area contributed by atoms with E-state index in [1.807, 2.05) is 12.1 Å². The lowest BCUT2D eigenvalue weighted by Gasteiger charge is -2.32. The van der Waals surface area contributed by atoms with E-state index in [-0.39, 0.29) is 5.92 Å². The zero-order valence-electron chi connectivity index (χ0n) is 13.6. The van der Waals surface area contributed by atoms with E-state index in [1.54, 1.807) is 6.26 Å². The molecule has 0 aromatic carbocycles. The molecule has 3 heteroatoms. The smallest absolute Gasteiger partial charge is 0.124 e. The zero-order valence-corrected chi connectivity index (χ0v) is 13.6. The summed E-state index contributed by atoms with van der Waals surface area (Å²) in [5.41, 5.74) is -0.480. The van der Waals surface area contributed by atoms with Crippen LogP contribution in [0.3, 0.4) is 0 Å². The molecule has 2 heterocycles. The molecule has 0 amide bonds. The van der Waals surface area contributed by atoms with Gasteiger partial charge in [0.2, 0.25) is 0 Å². The van der Waals surface area contributed by atoms with Crippen LogP contribution in [0.15, 0.2) is 22.8 Å². The molecule has 1 unspecified atom stereocenters. The first kappa shape index (κ1) is 16.1. The van der Waals surface area contributed by atoms with Crippen molar-refractivity contribution in [1.29, 1.82) is 5.26 Å². The third-order valence-electron chi connectivity index (χ3n) is 5.07. The number of piperidine rings is 1. The van der Waals surface area contributed by atoms with E-state index in [9.17, 15) is 5.26 Å². The zero-order chi connectivity index (χ0) is 15.3. The van der Waals surface area contributed by atoms with Crippen LogP contribution in [-0.2, 0) is 5.41 Å². The molecule has 0 aliphatic carbocycles. The number of likely N-dealkylation sites (tertiary alicyclic amines) is 1. The van der Waals surface area contributed by atoms with Crippen LogP contribution in [0.5, 0.6) is 0 Å². The number of nitriles is 1. The van der Waals surface area contributed by atoms with Gasteiger partial charge in [-0.15, -0.1) is 0 Å². The average Bonchev–Trinajstić information content (AvgIpc) is 3.00. The summed E-state index contributed by atoms with van der Waals surface area (Å²) in [5, 5.41) is 9.77. The lowest BCUT2D eigenvalue weighted by Crippen LogP contribution is -2.36. The van der Waals surface area contributed by atoms with E-state index in [0.717, 1.165) is 31.1 Å². The molecule has 3 nitrogen and oxygen atoms in total. The second-order valence-electron chi connectivity index (χ2n) is 6.84. The van der Waals surface area contributed by atoms with Crippen molar-refractivity contribution in [2.45, 2.75) is 51.9 Å². The van der Waals surface area contributed by atoms with E-state index < -0.39 is 5.41 Å². The lowest BCUT2D eigenvalue weighted by molar-refractivity contribution is 0.181. The number of nitrogens with zero attached hydrogens (tertiary/aromatic N) is 2. The summed E-state index contributed by atoms with van der Waals surface area (Å²) >= 11 is 0. The highest BCUT2D eigenvalue weighted by Crippen LogP contribution is 2.36. The van der Waals surface area contributed by atoms with E-state index in [4.69, 9.17) is 4.42 Å². The van der Waals surface area contributed by atoms with Crippen LogP contribution in [0.1, 0.15) is 52.2 Å². The Morgan fingerprint density at radius 2 is 2.14 bits per heavy atom. The monoisotopic (exact) mass is 288 g/mol. The summed E-state index contributed by atoms with van der Waals surface area (Å²) in [6.07, 6.45) is 6.23. The molecule has 1 fully saturated rings. The summed E-state index contributed by atoms with van der Waals surface area (Å²) in [5.74, 6) is 1.96. The van der Waals surface area contributed by atoms with E-state index in [1.165, 1.54) is 25.9 Å². The minimum Gasteiger partial charge on any atom is -0.468 e. The molecule has 1 aliphatic rings. The number of hydrogen-bond donors (Lipinski definition) is 0. The van der Waals surface area contributed by atoms with Crippen LogP contribution >= 0.6 is 0 Å². The fourth-order valence-corrected chi connectivity index (χ4v) is 3.34. The summed E-state index contributed by atoms with van der Waals surface area (Å²) in [4.78, 5) is 2.55. The Morgan fingerprint density at radius 3 is 2.67 bits per heavy atom. The Labute approximate surface area is 128 Å². The predicted molar refractivity (Wildman–Crippen MR) is 84.9 cm³/mol. The van der Waals surface area contributed by atoms with Gasteiger partial charge in [0, 0.05) is 0 Å². The third kappa shape index (κ3) is 3.68. The Hall–Kier alpha value is -1.27. The first-order chi connectivity index (χ1) is 10.1. The molecule has 1 aliphatic heterocycles. The quantitative estimate of drug-likeness (QED) is 0.787. The molecule has 0 radical (unpaired) electrons. The second kappa shape index (κ2) is 7.13. The van der Waals surface area contributed by atoms with Crippen molar-refractivity contribution in [1.82, 2.24) is 4.90 Å². The van der Waals surface area contributed by atoms with Crippen molar-refractivity contribution in [3.05, 3.63) is 24.2 Å². The third-order valence-corrected chi connectivity index (χ3v) is 5.07. The number of hydrogen-bond acceptors (Lipinski definition) is 3. The van der Waals surface area contributed by atoms with Crippen LogP contribution in [0.2, 0.25) is 0 Å². The van der Waals surface area contributed by atoms with Gasteiger partial charge < -0.3 is 9.32 Å². The summed E-state index contributed by atoms with van der Waals surface area (Å²) < 4.78 is 5.57. The fourth-order valence-electron chi connectivity index (χ4n) is 3.34. The summed E-state index contributed by atoms with van der Waals surface area (Å²) in [6, 6.07) is 6.38. The molecule has 0 saturated carbocycles. The molecule has 0 spiro atoms. The van der Waals surface area contributed by atoms with Gasteiger partial charge in [-0.25, -0.2) is 0 Å². The lowest BCUT2D eigenvalue weighted by atomic mass is 9.73. The van der Waals surface area contributed by atoms with Gasteiger partial charge >= 0.3 is 0 Å². The minimum absolute atomic E-state index is 0.259. The fraction of sp³-hybridized carbons (Fsp3) is 0.722. The Balaban J connectivity index is 1.93. The van der Waals surface area contributed by atoms with Gasteiger partial charge in [0.25, 0.3) is 0 Å². The van der Waals surface area contributed by atoms with Crippen molar-refractivity contribution >= 4 is 0 Å². The van der Waals surface area contributed by atoms with Gasteiger partial charge in [-0.2, -0.15) is 5.26 Å². The highest BCUT2D eigenvalue weighted by molar-refractivity contribution is 5.25. The van der Waals surface area contributed by atoms with Gasteiger partial charge in [-0.3, -0.25) is 0 Å². The van der Waals surface area contributed by atoms with Crippen LogP contribution < -0.4 is 0 Å². The SMILES string of the molecule is CC1CCN(CCCC(C#N)(c2ccco2)C(C)C)CC1. The molecule has 1 atom stereocenters. The highest BCUT2D eigenvalue weighted by Gasteiger charge is 2.38. The average molecular weight is 288 g/mol. The van der Waals surface area contributed by atoms with Crippen LogP contribution in [0, 0.1) is 23.2 Å². The first-order valence-corrected chi connectivity index (χ1v) is 8.26. The first-order valence-electron chi connectivity index (χ1n) is 8.26. The molecular formula is C18H28N2O.